The lowest BCUT2D eigenvalue weighted by molar-refractivity contribution is 0.0488. The summed E-state index contributed by atoms with van der Waals surface area (Å²) in [5, 5.41) is 3.85. The van der Waals surface area contributed by atoms with E-state index < -0.39 is 0 Å². The molecular formula is C17H22N4O4. The van der Waals surface area contributed by atoms with E-state index in [-0.39, 0.29) is 11.9 Å². The second kappa shape index (κ2) is 7.10. The minimum absolute atomic E-state index is 0.0599. The Morgan fingerprint density at radius 3 is 2.64 bits per heavy atom. The average Bonchev–Trinajstić information content (AvgIpc) is 3.07. The van der Waals surface area contributed by atoms with Crippen molar-refractivity contribution >= 4 is 5.91 Å². The first-order valence-electron chi connectivity index (χ1n) is 8.05. The molecule has 2 aromatic rings. The highest BCUT2D eigenvalue weighted by Gasteiger charge is 2.32. The van der Waals surface area contributed by atoms with Gasteiger partial charge < -0.3 is 18.9 Å². The Morgan fingerprint density at radius 1 is 1.24 bits per heavy atom. The number of carbonyl (C=O) groups is 1. The van der Waals surface area contributed by atoms with Crippen LogP contribution in [-0.4, -0.2) is 66.7 Å². The number of methoxy groups -OCH3 is 2. The molecule has 0 unspecified atom stereocenters. The van der Waals surface area contributed by atoms with Crippen LogP contribution in [0.3, 0.4) is 0 Å². The zero-order valence-corrected chi connectivity index (χ0v) is 14.9. The molecule has 8 heteroatoms. The van der Waals surface area contributed by atoms with Gasteiger partial charge in [0.2, 0.25) is 5.89 Å². The molecule has 1 aliphatic heterocycles. The molecule has 2 heterocycles. The third kappa shape index (κ3) is 3.43. The van der Waals surface area contributed by atoms with E-state index in [0.29, 0.717) is 41.9 Å². The fourth-order valence-electron chi connectivity index (χ4n) is 2.93. The van der Waals surface area contributed by atoms with Gasteiger partial charge in [-0.15, -0.1) is 0 Å². The summed E-state index contributed by atoms with van der Waals surface area (Å²) in [6.45, 7) is 3.63. The summed E-state index contributed by atoms with van der Waals surface area (Å²) in [5.41, 5.74) is 0.558. The average molecular weight is 346 g/mol. The highest BCUT2D eigenvalue weighted by atomic mass is 16.5. The van der Waals surface area contributed by atoms with Crippen LogP contribution in [-0.2, 0) is 0 Å². The first-order chi connectivity index (χ1) is 12.0. The predicted octanol–water partition coefficient (Wildman–Crippen LogP) is 1.52. The van der Waals surface area contributed by atoms with Crippen molar-refractivity contribution in [1.82, 2.24) is 19.9 Å². The van der Waals surface area contributed by atoms with Crippen molar-refractivity contribution in [2.45, 2.75) is 13.0 Å². The van der Waals surface area contributed by atoms with E-state index >= 15 is 0 Å². The molecular weight excluding hydrogens is 324 g/mol. The number of amides is 1. The normalized spacial score (nSPS) is 18.2. The van der Waals surface area contributed by atoms with Gasteiger partial charge in [-0.2, -0.15) is 4.98 Å². The van der Waals surface area contributed by atoms with Gasteiger partial charge in [-0.25, -0.2) is 0 Å². The van der Waals surface area contributed by atoms with E-state index in [1.807, 2.05) is 7.05 Å². The summed E-state index contributed by atoms with van der Waals surface area (Å²) in [6, 6.07) is 5.07. The molecule has 1 amide bonds. The van der Waals surface area contributed by atoms with Crippen LogP contribution in [0.4, 0.5) is 0 Å². The van der Waals surface area contributed by atoms with Crippen molar-refractivity contribution in [1.29, 1.82) is 0 Å². The van der Waals surface area contributed by atoms with E-state index in [1.165, 1.54) is 0 Å². The third-order valence-corrected chi connectivity index (χ3v) is 4.39. The molecule has 134 valence electrons. The number of hydrogen-bond donors (Lipinski definition) is 0. The highest BCUT2D eigenvalue weighted by Crippen LogP contribution is 2.29. The molecule has 0 spiro atoms. The highest BCUT2D eigenvalue weighted by molar-refractivity contribution is 5.95. The number of likely N-dealkylation sites (N-methyl/N-ethyl adjacent to an activating group) is 1. The molecule has 25 heavy (non-hydrogen) atoms. The lowest BCUT2D eigenvalue weighted by Crippen LogP contribution is -2.49. The lowest BCUT2D eigenvalue weighted by atomic mass is 10.1. The van der Waals surface area contributed by atoms with E-state index in [4.69, 9.17) is 14.0 Å². The van der Waals surface area contributed by atoms with Gasteiger partial charge in [0.1, 0.15) is 6.04 Å². The molecule has 8 nitrogen and oxygen atoms in total. The smallest absolute Gasteiger partial charge is 0.254 e. The van der Waals surface area contributed by atoms with Gasteiger partial charge in [0.05, 0.1) is 14.2 Å². The summed E-state index contributed by atoms with van der Waals surface area (Å²) < 4.78 is 15.8. The zero-order valence-electron chi connectivity index (χ0n) is 14.9. The lowest BCUT2D eigenvalue weighted by Gasteiger charge is -2.37. The quantitative estimate of drug-likeness (QED) is 0.830. The SMILES string of the molecule is COc1ccc(C(=O)N2CCN(C)[C@H](c3nc(C)no3)C2)cc1OC. The molecule has 1 saturated heterocycles. The van der Waals surface area contributed by atoms with Crippen molar-refractivity contribution in [3.8, 4) is 11.5 Å². The number of rotatable bonds is 4. The van der Waals surface area contributed by atoms with Crippen molar-refractivity contribution in [3.05, 3.63) is 35.5 Å². The number of carbonyl (C=O) groups excluding carboxylic acids is 1. The van der Waals surface area contributed by atoms with Crippen molar-refractivity contribution in [2.24, 2.45) is 0 Å². The number of benzene rings is 1. The number of hydrogen-bond acceptors (Lipinski definition) is 7. The molecule has 0 N–H and O–H groups in total. The van der Waals surface area contributed by atoms with Crippen LogP contribution < -0.4 is 9.47 Å². The van der Waals surface area contributed by atoms with E-state index in [0.717, 1.165) is 6.54 Å². The first-order valence-corrected chi connectivity index (χ1v) is 8.05. The van der Waals surface area contributed by atoms with Gasteiger partial charge in [-0.05, 0) is 32.2 Å². The minimum Gasteiger partial charge on any atom is -0.493 e. The summed E-state index contributed by atoms with van der Waals surface area (Å²) in [6.07, 6.45) is 0. The van der Waals surface area contributed by atoms with Gasteiger partial charge in [-0.1, -0.05) is 5.16 Å². The van der Waals surface area contributed by atoms with Crippen LogP contribution in [0, 0.1) is 6.92 Å². The largest absolute Gasteiger partial charge is 0.493 e. The number of aromatic nitrogens is 2. The number of nitrogens with zero attached hydrogens (tertiary/aromatic N) is 4. The maximum atomic E-state index is 12.9. The summed E-state index contributed by atoms with van der Waals surface area (Å²) >= 11 is 0. The predicted molar refractivity (Wildman–Crippen MR) is 89.9 cm³/mol. The van der Waals surface area contributed by atoms with E-state index in [2.05, 4.69) is 15.0 Å². The Bertz CT molecular complexity index is 761. The van der Waals surface area contributed by atoms with Gasteiger partial charge in [0.15, 0.2) is 17.3 Å². The Balaban J connectivity index is 1.80. The van der Waals surface area contributed by atoms with Gasteiger partial charge in [0, 0.05) is 25.2 Å². The second-order valence-electron chi connectivity index (χ2n) is 6.00. The Kier molecular flexibility index (Phi) is 4.89. The summed E-state index contributed by atoms with van der Waals surface area (Å²) in [5.74, 6) is 2.19. The topological polar surface area (TPSA) is 80.9 Å². The summed E-state index contributed by atoms with van der Waals surface area (Å²) in [7, 11) is 5.11. The Hall–Kier alpha value is -2.61. The molecule has 0 radical (unpaired) electrons. The van der Waals surface area contributed by atoms with Gasteiger partial charge in [-0.3, -0.25) is 9.69 Å². The van der Waals surface area contributed by atoms with E-state index in [1.54, 1.807) is 44.2 Å². The molecule has 1 aromatic heterocycles. The zero-order chi connectivity index (χ0) is 18.0. The number of ether oxygens (including phenoxy) is 2. The van der Waals surface area contributed by atoms with Crippen LogP contribution in [0.5, 0.6) is 11.5 Å². The summed E-state index contributed by atoms with van der Waals surface area (Å²) in [4.78, 5) is 21.1. The standard InChI is InChI=1S/C17H22N4O4/c1-11-18-16(25-19-11)13-10-21(8-7-20(13)2)17(22)12-5-6-14(23-3)15(9-12)24-4/h5-6,9,13H,7-8,10H2,1-4H3/t13-/m0/s1. The van der Waals surface area contributed by atoms with Gasteiger partial charge >= 0.3 is 0 Å². The Morgan fingerprint density at radius 2 is 2.00 bits per heavy atom. The fraction of sp³-hybridized carbons (Fsp3) is 0.471. The maximum Gasteiger partial charge on any atom is 0.254 e. The molecule has 3 rings (SSSR count). The van der Waals surface area contributed by atoms with E-state index in [9.17, 15) is 4.79 Å². The molecule has 1 atom stereocenters. The third-order valence-electron chi connectivity index (χ3n) is 4.39. The van der Waals surface area contributed by atoms with Crippen LogP contribution in [0.1, 0.15) is 28.1 Å². The molecule has 1 fully saturated rings. The second-order valence-corrected chi connectivity index (χ2v) is 6.00. The van der Waals surface area contributed by atoms with Crippen molar-refractivity contribution in [3.63, 3.8) is 0 Å². The monoisotopic (exact) mass is 346 g/mol. The number of piperazine rings is 1. The Labute approximate surface area is 146 Å². The fourth-order valence-corrected chi connectivity index (χ4v) is 2.93. The molecule has 1 aliphatic rings. The van der Waals surface area contributed by atoms with Crippen molar-refractivity contribution < 1.29 is 18.8 Å². The van der Waals surface area contributed by atoms with Crippen LogP contribution in [0.25, 0.3) is 0 Å². The molecule has 0 aliphatic carbocycles. The van der Waals surface area contributed by atoms with Crippen LogP contribution >= 0.6 is 0 Å². The minimum atomic E-state index is -0.112. The van der Waals surface area contributed by atoms with Crippen LogP contribution in [0.15, 0.2) is 22.7 Å². The van der Waals surface area contributed by atoms with Gasteiger partial charge in [0.25, 0.3) is 5.91 Å². The first kappa shape index (κ1) is 17.2. The molecule has 0 saturated carbocycles. The molecule has 1 aromatic carbocycles. The molecule has 0 bridgehead atoms. The van der Waals surface area contributed by atoms with Crippen molar-refractivity contribution in [2.75, 3.05) is 40.9 Å². The maximum absolute atomic E-state index is 12.9. The number of aryl methyl sites for hydroxylation is 1. The van der Waals surface area contributed by atoms with Crippen LogP contribution in [0.2, 0.25) is 0 Å².